The molecule has 1 aliphatic carbocycles. The van der Waals surface area contributed by atoms with E-state index in [0.29, 0.717) is 21.4 Å². The maximum Gasteiger partial charge on any atom is 0.341 e. The summed E-state index contributed by atoms with van der Waals surface area (Å²) in [6.07, 6.45) is 3.50. The standard InChI is InChI=1S/C26H26N2O6S/c1-4-33-25(31)21-14(2)23(15(3)29)35-24(21)28-20(30)13-34-26(32)22-16-9-5-7-11-18(16)27-19-12-8-6-10-17(19)22/h5,7,9,11H,4,6,8,10,12-13H2,1-3H3,(H,28,30). The summed E-state index contributed by atoms with van der Waals surface area (Å²) >= 11 is 0.997. The van der Waals surface area contributed by atoms with E-state index in [4.69, 9.17) is 14.5 Å². The highest BCUT2D eigenvalue weighted by Gasteiger charge is 2.27. The van der Waals surface area contributed by atoms with Gasteiger partial charge in [0, 0.05) is 11.1 Å². The largest absolute Gasteiger partial charge is 0.462 e. The molecule has 0 saturated carbocycles. The Morgan fingerprint density at radius 1 is 1.03 bits per heavy atom. The topological polar surface area (TPSA) is 112 Å². The molecule has 0 bridgehead atoms. The first kappa shape index (κ1) is 24.5. The number of pyridine rings is 1. The molecule has 3 aromatic rings. The summed E-state index contributed by atoms with van der Waals surface area (Å²) in [6, 6.07) is 7.39. The Labute approximate surface area is 206 Å². The van der Waals surface area contributed by atoms with Crippen LogP contribution in [0.15, 0.2) is 24.3 Å². The number of rotatable bonds is 7. The summed E-state index contributed by atoms with van der Waals surface area (Å²) in [6.45, 7) is 4.30. The first-order valence-corrected chi connectivity index (χ1v) is 12.3. The molecule has 1 aliphatic rings. The number of esters is 2. The number of hydrogen-bond acceptors (Lipinski definition) is 8. The number of aryl methyl sites for hydroxylation is 1. The molecule has 35 heavy (non-hydrogen) atoms. The fourth-order valence-corrected chi connectivity index (χ4v) is 5.46. The molecule has 4 rings (SSSR count). The van der Waals surface area contributed by atoms with Crippen LogP contribution in [-0.2, 0) is 27.1 Å². The van der Waals surface area contributed by atoms with Crippen LogP contribution < -0.4 is 5.32 Å². The molecule has 0 aliphatic heterocycles. The van der Waals surface area contributed by atoms with E-state index in [1.54, 1.807) is 13.8 Å². The van der Waals surface area contributed by atoms with Gasteiger partial charge in [-0.1, -0.05) is 18.2 Å². The molecule has 0 spiro atoms. The number of ether oxygens (including phenoxy) is 2. The van der Waals surface area contributed by atoms with Gasteiger partial charge in [-0.2, -0.15) is 0 Å². The Morgan fingerprint density at radius 2 is 1.74 bits per heavy atom. The molecular formula is C26H26N2O6S. The number of hydrogen-bond donors (Lipinski definition) is 1. The second-order valence-electron chi connectivity index (χ2n) is 8.30. The number of fused-ring (bicyclic) bond motifs is 2. The summed E-state index contributed by atoms with van der Waals surface area (Å²) in [7, 11) is 0. The van der Waals surface area contributed by atoms with E-state index in [1.165, 1.54) is 6.92 Å². The van der Waals surface area contributed by atoms with Crippen LogP contribution in [0.5, 0.6) is 0 Å². The first-order chi connectivity index (χ1) is 16.8. The van der Waals surface area contributed by atoms with E-state index in [2.05, 4.69) is 5.32 Å². The molecule has 182 valence electrons. The molecule has 9 heteroatoms. The quantitative estimate of drug-likeness (QED) is 0.376. The maximum atomic E-state index is 13.1. The number of nitrogens with zero attached hydrogens (tertiary/aromatic N) is 1. The second kappa shape index (κ2) is 10.4. The van der Waals surface area contributed by atoms with E-state index >= 15 is 0 Å². The lowest BCUT2D eigenvalue weighted by molar-refractivity contribution is -0.119. The van der Waals surface area contributed by atoms with E-state index < -0.39 is 24.5 Å². The number of carbonyl (C=O) groups is 4. The number of benzene rings is 1. The van der Waals surface area contributed by atoms with Gasteiger partial charge in [-0.05, 0) is 63.6 Å². The highest BCUT2D eigenvalue weighted by Crippen LogP contribution is 2.34. The number of Topliss-reactive ketones (excluding diaryl/α,β-unsaturated/α-hetero) is 1. The minimum absolute atomic E-state index is 0.135. The van der Waals surface area contributed by atoms with Crippen LogP contribution in [0.2, 0.25) is 0 Å². The lowest BCUT2D eigenvalue weighted by Crippen LogP contribution is -2.23. The first-order valence-electron chi connectivity index (χ1n) is 11.5. The van der Waals surface area contributed by atoms with E-state index in [0.717, 1.165) is 53.8 Å². The fraction of sp³-hybridized carbons (Fsp3) is 0.346. The molecule has 2 aromatic heterocycles. The molecule has 2 heterocycles. The maximum absolute atomic E-state index is 13.1. The Kier molecular flexibility index (Phi) is 7.25. The van der Waals surface area contributed by atoms with Gasteiger partial charge in [0.15, 0.2) is 12.4 Å². The zero-order valence-electron chi connectivity index (χ0n) is 19.9. The Morgan fingerprint density at radius 3 is 2.49 bits per heavy atom. The summed E-state index contributed by atoms with van der Waals surface area (Å²) in [4.78, 5) is 55.3. The molecule has 0 unspecified atom stereocenters. The van der Waals surface area contributed by atoms with Gasteiger partial charge in [0.2, 0.25) is 0 Å². The van der Waals surface area contributed by atoms with Crippen LogP contribution in [0.25, 0.3) is 10.9 Å². The predicted molar refractivity (Wildman–Crippen MR) is 132 cm³/mol. The van der Waals surface area contributed by atoms with Gasteiger partial charge in [0.05, 0.1) is 28.1 Å². The Bertz CT molecular complexity index is 1340. The molecule has 0 saturated heterocycles. The van der Waals surface area contributed by atoms with Crippen molar-refractivity contribution in [2.24, 2.45) is 0 Å². The van der Waals surface area contributed by atoms with Gasteiger partial charge in [-0.3, -0.25) is 14.6 Å². The van der Waals surface area contributed by atoms with E-state index in [1.807, 2.05) is 24.3 Å². The van der Waals surface area contributed by atoms with Crippen molar-refractivity contribution in [2.45, 2.75) is 46.5 Å². The van der Waals surface area contributed by atoms with Gasteiger partial charge in [-0.25, -0.2) is 9.59 Å². The van der Waals surface area contributed by atoms with Gasteiger partial charge in [0.25, 0.3) is 5.91 Å². The van der Waals surface area contributed by atoms with E-state index in [-0.39, 0.29) is 23.0 Å². The lowest BCUT2D eigenvalue weighted by atomic mass is 9.90. The molecule has 0 atom stereocenters. The molecule has 0 fully saturated rings. The number of carbonyl (C=O) groups excluding carboxylic acids is 4. The van der Waals surface area contributed by atoms with Crippen LogP contribution in [0.1, 0.15) is 73.9 Å². The zero-order chi connectivity index (χ0) is 25.1. The predicted octanol–water partition coefficient (Wildman–Crippen LogP) is 4.66. The zero-order valence-corrected chi connectivity index (χ0v) is 20.7. The summed E-state index contributed by atoms with van der Waals surface area (Å²) in [5.41, 5.74) is 3.53. The van der Waals surface area contributed by atoms with Crippen molar-refractivity contribution in [2.75, 3.05) is 18.5 Å². The van der Waals surface area contributed by atoms with Gasteiger partial charge in [-0.15, -0.1) is 11.3 Å². The fourth-order valence-electron chi connectivity index (χ4n) is 4.36. The minimum Gasteiger partial charge on any atom is -0.462 e. The third kappa shape index (κ3) is 4.95. The number of ketones is 1. The van der Waals surface area contributed by atoms with Crippen molar-refractivity contribution in [3.8, 4) is 0 Å². The van der Waals surface area contributed by atoms with Crippen molar-refractivity contribution in [1.29, 1.82) is 0 Å². The van der Waals surface area contributed by atoms with Crippen molar-refractivity contribution < 1.29 is 28.7 Å². The van der Waals surface area contributed by atoms with Crippen molar-refractivity contribution in [3.63, 3.8) is 0 Å². The van der Waals surface area contributed by atoms with Crippen LogP contribution in [0.3, 0.4) is 0 Å². The summed E-state index contributed by atoms with van der Waals surface area (Å²) in [5, 5.41) is 3.50. The molecule has 8 nitrogen and oxygen atoms in total. The average molecular weight is 495 g/mol. The molecule has 1 aromatic carbocycles. The average Bonchev–Trinajstić information content (AvgIpc) is 3.16. The van der Waals surface area contributed by atoms with Gasteiger partial charge < -0.3 is 14.8 Å². The molecule has 1 N–H and O–H groups in total. The molecule has 1 amide bonds. The SMILES string of the molecule is CCOC(=O)c1c(NC(=O)COC(=O)c2c3c(nc4ccccc24)CCCC3)sc(C(C)=O)c1C. The van der Waals surface area contributed by atoms with Crippen molar-refractivity contribution >= 4 is 50.9 Å². The van der Waals surface area contributed by atoms with E-state index in [9.17, 15) is 19.2 Å². The van der Waals surface area contributed by atoms with Crippen LogP contribution in [0.4, 0.5) is 5.00 Å². The number of amides is 1. The Hall–Kier alpha value is -3.59. The minimum atomic E-state index is -0.629. The molecule has 0 radical (unpaired) electrons. The number of thiophene rings is 1. The second-order valence-corrected chi connectivity index (χ2v) is 9.32. The monoisotopic (exact) mass is 494 g/mol. The van der Waals surface area contributed by atoms with Crippen molar-refractivity contribution in [1.82, 2.24) is 4.98 Å². The normalized spacial score (nSPS) is 12.7. The van der Waals surface area contributed by atoms with Crippen LogP contribution >= 0.6 is 11.3 Å². The highest BCUT2D eigenvalue weighted by atomic mass is 32.1. The Balaban J connectivity index is 1.55. The number of aromatic nitrogens is 1. The summed E-state index contributed by atoms with van der Waals surface area (Å²) < 4.78 is 10.5. The third-order valence-electron chi connectivity index (χ3n) is 5.91. The lowest BCUT2D eigenvalue weighted by Gasteiger charge is -2.19. The summed E-state index contributed by atoms with van der Waals surface area (Å²) in [5.74, 6) is -2.06. The third-order valence-corrected chi connectivity index (χ3v) is 7.21. The van der Waals surface area contributed by atoms with Crippen LogP contribution in [-0.4, -0.2) is 41.8 Å². The van der Waals surface area contributed by atoms with Crippen molar-refractivity contribution in [3.05, 3.63) is 57.1 Å². The number of nitrogens with one attached hydrogen (secondary N) is 1. The van der Waals surface area contributed by atoms with Crippen LogP contribution in [0, 0.1) is 6.92 Å². The van der Waals surface area contributed by atoms with Gasteiger partial charge in [0.1, 0.15) is 5.00 Å². The smallest absolute Gasteiger partial charge is 0.341 e. The molecular weight excluding hydrogens is 468 g/mol. The van der Waals surface area contributed by atoms with Gasteiger partial charge >= 0.3 is 11.9 Å². The number of para-hydroxylation sites is 1. The highest BCUT2D eigenvalue weighted by molar-refractivity contribution is 7.18. The number of anilines is 1.